The lowest BCUT2D eigenvalue weighted by Gasteiger charge is -2.50. The lowest BCUT2D eigenvalue weighted by Crippen LogP contribution is -2.75. The summed E-state index contributed by atoms with van der Waals surface area (Å²) in [5.41, 5.74) is -3.61. The first kappa shape index (κ1) is 29.3. The molecule has 16 nitrogen and oxygen atoms in total. The molecule has 0 aromatic rings. The second-order valence-electron chi connectivity index (χ2n) is 8.37. The molecule has 34 heavy (non-hydrogen) atoms. The van der Waals surface area contributed by atoms with Crippen molar-refractivity contribution in [3.8, 4) is 0 Å². The van der Waals surface area contributed by atoms with Gasteiger partial charge in [-0.3, -0.25) is 4.79 Å². The van der Waals surface area contributed by atoms with Crippen LogP contribution in [0.5, 0.6) is 0 Å². The van der Waals surface area contributed by atoms with E-state index < -0.39 is 111 Å². The van der Waals surface area contributed by atoms with Crippen molar-refractivity contribution in [2.24, 2.45) is 0 Å². The number of aliphatic hydroxyl groups is 13. The van der Waals surface area contributed by atoms with Gasteiger partial charge in [0.05, 0.1) is 19.8 Å². The second kappa shape index (κ2) is 11.4. The van der Waals surface area contributed by atoms with Gasteiger partial charge in [-0.1, -0.05) is 0 Å². The molecule has 0 amide bonds. The molecule has 2 rings (SSSR count). The Morgan fingerprint density at radius 2 is 1.21 bits per heavy atom. The van der Waals surface area contributed by atoms with Crippen LogP contribution in [0.15, 0.2) is 0 Å². The Morgan fingerprint density at radius 1 is 0.735 bits per heavy atom. The maximum Gasteiger partial charge on any atom is 0.201 e. The fraction of sp³-hybridized carbons (Fsp3) is 0.944. The molecule has 0 spiro atoms. The van der Waals surface area contributed by atoms with Crippen LogP contribution in [0.1, 0.15) is 0 Å². The van der Waals surface area contributed by atoms with Gasteiger partial charge in [0.25, 0.3) is 0 Å². The molecule has 0 saturated carbocycles. The van der Waals surface area contributed by atoms with Gasteiger partial charge in [0.1, 0.15) is 79.4 Å². The molecule has 2 aliphatic rings. The number of ketones is 1. The summed E-state index contributed by atoms with van der Waals surface area (Å²) in [5, 5.41) is 130. The number of ether oxygens (including phenoxy) is 2. The van der Waals surface area contributed by atoms with Crippen molar-refractivity contribution < 1.29 is 80.7 Å². The fourth-order valence-corrected chi connectivity index (χ4v) is 4.04. The maximum absolute atomic E-state index is 13.4. The van der Waals surface area contributed by atoms with Crippen molar-refractivity contribution in [3.63, 3.8) is 0 Å². The standard InChI is InChI=1S/C18H32O16/c19-1-4(22)7(23)15(30)18(32,17-13(29)11(27)9(25)6(3-21)34-17)16(31)14-12(28)10(26)8(24)5(2-20)33-14/h4-15,17,19-30,32H,1-3H2/t4-,5-,6-,7+,8-,9-,10-,11-,12+,13-,14?,15+,17?,18-/m1/s1. The van der Waals surface area contributed by atoms with Crippen molar-refractivity contribution >= 4 is 5.78 Å². The van der Waals surface area contributed by atoms with Crippen molar-refractivity contribution in [1.29, 1.82) is 0 Å². The maximum atomic E-state index is 13.4. The zero-order valence-electron chi connectivity index (χ0n) is 17.7. The van der Waals surface area contributed by atoms with Gasteiger partial charge in [0.2, 0.25) is 5.78 Å². The number of hydrogen-bond donors (Lipinski definition) is 13. The first-order valence-electron chi connectivity index (χ1n) is 10.3. The summed E-state index contributed by atoms with van der Waals surface area (Å²) >= 11 is 0. The molecule has 2 unspecified atom stereocenters. The van der Waals surface area contributed by atoms with Crippen LogP contribution < -0.4 is 0 Å². The highest BCUT2D eigenvalue weighted by molar-refractivity contribution is 5.93. The summed E-state index contributed by atoms with van der Waals surface area (Å²) in [6.07, 6.45) is -28.6. The second-order valence-corrected chi connectivity index (χ2v) is 8.37. The van der Waals surface area contributed by atoms with Crippen LogP contribution in [0.25, 0.3) is 0 Å². The number of aliphatic hydroxyl groups excluding tert-OH is 12. The van der Waals surface area contributed by atoms with Crippen LogP contribution in [0.4, 0.5) is 0 Å². The van der Waals surface area contributed by atoms with Crippen LogP contribution in [-0.4, -0.2) is 177 Å². The van der Waals surface area contributed by atoms with Gasteiger partial charge in [0, 0.05) is 0 Å². The largest absolute Gasteiger partial charge is 0.394 e. The average molecular weight is 504 g/mol. The number of Topliss-reactive ketones (excluding diaryl/α,β-unsaturated/α-hetero) is 1. The first-order valence-corrected chi connectivity index (χ1v) is 10.3. The molecule has 2 fully saturated rings. The van der Waals surface area contributed by atoms with E-state index in [9.17, 15) is 66.1 Å². The van der Waals surface area contributed by atoms with E-state index in [1.807, 2.05) is 0 Å². The molecule has 0 aliphatic carbocycles. The summed E-state index contributed by atoms with van der Waals surface area (Å²) in [7, 11) is 0. The number of carbonyl (C=O) groups is 1. The Kier molecular flexibility index (Phi) is 9.84. The molecule has 13 N–H and O–H groups in total. The molecule has 0 aromatic carbocycles. The topological polar surface area (TPSA) is 299 Å². The zero-order valence-corrected chi connectivity index (χ0v) is 17.7. The van der Waals surface area contributed by atoms with Crippen LogP contribution in [0.3, 0.4) is 0 Å². The molecular weight excluding hydrogens is 472 g/mol. The number of carbonyl (C=O) groups excluding carboxylic acids is 1. The van der Waals surface area contributed by atoms with Gasteiger partial charge in [-0.15, -0.1) is 0 Å². The SMILES string of the molecule is O=C(C1O[C@H](CO)[C@@H](O)[C@@H](O)[C@@H]1O)[C@@](O)(C1O[C@H](CO)[C@@H](O)[C@@H](O)[C@H]1O)[C@@H](O)[C@@H](O)[C@H](O)CO. The predicted molar refractivity (Wildman–Crippen MR) is 103 cm³/mol. The van der Waals surface area contributed by atoms with E-state index in [2.05, 4.69) is 0 Å². The third-order valence-electron chi connectivity index (χ3n) is 6.23. The van der Waals surface area contributed by atoms with E-state index in [0.29, 0.717) is 0 Å². The van der Waals surface area contributed by atoms with Gasteiger partial charge in [-0.05, 0) is 0 Å². The van der Waals surface area contributed by atoms with E-state index in [-0.39, 0.29) is 0 Å². The molecule has 0 bridgehead atoms. The summed E-state index contributed by atoms with van der Waals surface area (Å²) in [6, 6.07) is 0. The van der Waals surface area contributed by atoms with E-state index >= 15 is 0 Å². The summed E-state index contributed by atoms with van der Waals surface area (Å²) in [4.78, 5) is 13.4. The van der Waals surface area contributed by atoms with Gasteiger partial charge in [-0.25, -0.2) is 0 Å². The predicted octanol–water partition coefficient (Wildman–Crippen LogP) is -8.95. The Bertz CT molecular complexity index is 676. The van der Waals surface area contributed by atoms with E-state index in [1.165, 1.54) is 0 Å². The van der Waals surface area contributed by atoms with E-state index in [0.717, 1.165) is 0 Å². The molecule has 0 aromatic heterocycles. The van der Waals surface area contributed by atoms with Gasteiger partial charge in [0.15, 0.2) is 5.60 Å². The Morgan fingerprint density at radius 3 is 1.68 bits per heavy atom. The lowest BCUT2D eigenvalue weighted by atomic mass is 9.73. The average Bonchev–Trinajstić information content (AvgIpc) is 2.83. The highest BCUT2D eigenvalue weighted by Crippen LogP contribution is 2.36. The third-order valence-corrected chi connectivity index (χ3v) is 6.23. The molecule has 16 heteroatoms. The third kappa shape index (κ3) is 4.99. The van der Waals surface area contributed by atoms with Crippen LogP contribution in [-0.2, 0) is 14.3 Å². The Balaban J connectivity index is 2.58. The van der Waals surface area contributed by atoms with Crippen LogP contribution >= 0.6 is 0 Å². The molecule has 0 radical (unpaired) electrons. The first-order chi connectivity index (χ1) is 15.8. The molecule has 200 valence electrons. The Labute approximate surface area is 192 Å². The highest BCUT2D eigenvalue weighted by Gasteiger charge is 2.64. The minimum Gasteiger partial charge on any atom is -0.394 e. The molecular formula is C18H32O16. The minimum absolute atomic E-state index is 0.985. The van der Waals surface area contributed by atoms with Crippen molar-refractivity contribution in [1.82, 2.24) is 0 Å². The van der Waals surface area contributed by atoms with E-state index in [1.54, 1.807) is 0 Å². The molecule has 2 saturated heterocycles. The molecule has 14 atom stereocenters. The monoisotopic (exact) mass is 504 g/mol. The molecule has 2 aliphatic heterocycles. The Hall–Kier alpha value is -0.930. The smallest absolute Gasteiger partial charge is 0.201 e. The summed E-state index contributed by atoms with van der Waals surface area (Å²) in [5.74, 6) is -1.81. The molecule has 2 heterocycles. The van der Waals surface area contributed by atoms with Gasteiger partial charge in [-0.2, -0.15) is 0 Å². The number of rotatable bonds is 9. The van der Waals surface area contributed by atoms with Crippen molar-refractivity contribution in [3.05, 3.63) is 0 Å². The van der Waals surface area contributed by atoms with Crippen molar-refractivity contribution in [2.75, 3.05) is 19.8 Å². The minimum atomic E-state index is -3.61. The zero-order chi connectivity index (χ0) is 26.1. The van der Waals surface area contributed by atoms with Crippen LogP contribution in [0.2, 0.25) is 0 Å². The van der Waals surface area contributed by atoms with E-state index in [4.69, 9.17) is 14.6 Å². The quantitative estimate of drug-likeness (QED) is 0.139. The highest BCUT2D eigenvalue weighted by atomic mass is 16.6. The normalized spacial score (nSPS) is 43.6. The van der Waals surface area contributed by atoms with Crippen LogP contribution in [0, 0.1) is 0 Å². The van der Waals surface area contributed by atoms with Gasteiger partial charge < -0.3 is 75.9 Å². The van der Waals surface area contributed by atoms with Gasteiger partial charge >= 0.3 is 0 Å². The number of hydrogen-bond acceptors (Lipinski definition) is 16. The fourth-order valence-electron chi connectivity index (χ4n) is 4.04. The lowest BCUT2D eigenvalue weighted by molar-refractivity contribution is -0.293. The summed E-state index contributed by atoms with van der Waals surface area (Å²) < 4.78 is 10.2. The summed E-state index contributed by atoms with van der Waals surface area (Å²) in [6.45, 7) is -3.19. The van der Waals surface area contributed by atoms with Crippen molar-refractivity contribution in [2.45, 2.75) is 85.0 Å².